The van der Waals surface area contributed by atoms with E-state index in [1.54, 1.807) is 0 Å². The van der Waals surface area contributed by atoms with E-state index in [0.717, 1.165) is 11.3 Å². The lowest BCUT2D eigenvalue weighted by atomic mass is 9.96. The highest BCUT2D eigenvalue weighted by atomic mass is 32.1. The summed E-state index contributed by atoms with van der Waals surface area (Å²) >= 11 is 1.46. The number of anilines is 1. The molecule has 106 valence electrons. The van der Waals surface area contributed by atoms with Gasteiger partial charge in [0.25, 0.3) is 0 Å². The van der Waals surface area contributed by atoms with Crippen molar-refractivity contribution in [3.8, 4) is 11.3 Å². The lowest BCUT2D eigenvalue weighted by Crippen LogP contribution is -2.27. The number of nitrogens with zero attached hydrogens (tertiary/aromatic N) is 1. The van der Waals surface area contributed by atoms with Gasteiger partial charge in [-0.3, -0.25) is 4.79 Å². The number of carbonyl (C=O) groups excluding carboxylic acids is 1. The van der Waals surface area contributed by atoms with E-state index in [-0.39, 0.29) is 5.91 Å². The molecule has 1 heterocycles. The fourth-order valence-corrected chi connectivity index (χ4v) is 2.55. The van der Waals surface area contributed by atoms with Gasteiger partial charge in [-0.15, -0.1) is 11.3 Å². The first-order chi connectivity index (χ1) is 9.27. The molecule has 0 saturated heterocycles. The number of amides is 1. The Labute approximate surface area is 124 Å². The van der Waals surface area contributed by atoms with Crippen LogP contribution in [0.4, 0.5) is 5.13 Å². The Morgan fingerprint density at radius 2 is 1.95 bits per heavy atom. The van der Waals surface area contributed by atoms with Gasteiger partial charge in [0, 0.05) is 16.4 Å². The van der Waals surface area contributed by atoms with Crippen LogP contribution in [0.25, 0.3) is 11.3 Å². The van der Waals surface area contributed by atoms with Gasteiger partial charge in [-0.05, 0) is 19.4 Å². The van der Waals surface area contributed by atoms with Crippen molar-refractivity contribution in [2.24, 2.45) is 5.41 Å². The fourth-order valence-electron chi connectivity index (χ4n) is 1.84. The van der Waals surface area contributed by atoms with Gasteiger partial charge in [-0.2, -0.15) is 0 Å². The van der Waals surface area contributed by atoms with Gasteiger partial charge in [0.2, 0.25) is 5.91 Å². The summed E-state index contributed by atoms with van der Waals surface area (Å²) in [6, 6.07) is 6.30. The second-order valence-electron chi connectivity index (χ2n) is 6.06. The Bertz CT molecular complexity index is 638. The van der Waals surface area contributed by atoms with Gasteiger partial charge in [0.1, 0.15) is 0 Å². The van der Waals surface area contributed by atoms with E-state index in [0.29, 0.717) is 5.13 Å². The SMILES string of the molecule is Cc1ccc(-c2csc(NC(=O)C(C)(C)C)n2)c(C)c1. The molecule has 1 aromatic heterocycles. The van der Waals surface area contributed by atoms with E-state index in [9.17, 15) is 4.79 Å². The monoisotopic (exact) mass is 288 g/mol. The summed E-state index contributed by atoms with van der Waals surface area (Å²) < 4.78 is 0. The number of hydrogen-bond donors (Lipinski definition) is 1. The highest BCUT2D eigenvalue weighted by Crippen LogP contribution is 2.28. The first-order valence-corrected chi connectivity index (χ1v) is 7.50. The van der Waals surface area contributed by atoms with E-state index >= 15 is 0 Å². The van der Waals surface area contributed by atoms with Crippen LogP contribution < -0.4 is 5.32 Å². The highest BCUT2D eigenvalue weighted by molar-refractivity contribution is 7.14. The van der Waals surface area contributed by atoms with Crippen LogP contribution in [0, 0.1) is 19.3 Å². The number of aromatic nitrogens is 1. The third kappa shape index (κ3) is 3.25. The van der Waals surface area contributed by atoms with Crippen LogP contribution in [0.1, 0.15) is 31.9 Å². The molecule has 0 aliphatic heterocycles. The summed E-state index contributed by atoms with van der Waals surface area (Å²) in [5.74, 6) is -0.0148. The number of hydrogen-bond acceptors (Lipinski definition) is 3. The highest BCUT2D eigenvalue weighted by Gasteiger charge is 2.22. The van der Waals surface area contributed by atoms with Gasteiger partial charge >= 0.3 is 0 Å². The fraction of sp³-hybridized carbons (Fsp3) is 0.375. The van der Waals surface area contributed by atoms with Gasteiger partial charge in [0.05, 0.1) is 5.69 Å². The number of benzene rings is 1. The van der Waals surface area contributed by atoms with E-state index in [1.807, 2.05) is 26.2 Å². The molecular weight excluding hydrogens is 268 g/mol. The Morgan fingerprint density at radius 1 is 1.25 bits per heavy atom. The average molecular weight is 288 g/mol. The predicted octanol–water partition coefficient (Wildman–Crippen LogP) is 4.41. The molecule has 0 fully saturated rings. The molecule has 0 radical (unpaired) electrons. The number of rotatable bonds is 2. The first-order valence-electron chi connectivity index (χ1n) is 6.62. The lowest BCUT2D eigenvalue weighted by Gasteiger charge is -2.15. The third-order valence-corrected chi connectivity index (χ3v) is 3.82. The molecule has 4 heteroatoms. The van der Waals surface area contributed by atoms with Crippen molar-refractivity contribution < 1.29 is 4.79 Å². The second kappa shape index (κ2) is 5.37. The molecule has 0 atom stereocenters. The van der Waals surface area contributed by atoms with E-state index in [4.69, 9.17) is 0 Å². The zero-order valence-corrected chi connectivity index (χ0v) is 13.4. The molecule has 1 aromatic carbocycles. The summed E-state index contributed by atoms with van der Waals surface area (Å²) in [6.45, 7) is 9.82. The van der Waals surface area contributed by atoms with Gasteiger partial charge in [-0.1, -0.05) is 44.5 Å². The van der Waals surface area contributed by atoms with Gasteiger partial charge < -0.3 is 5.32 Å². The number of nitrogens with one attached hydrogen (secondary N) is 1. The molecule has 2 rings (SSSR count). The van der Waals surface area contributed by atoms with Crippen molar-refractivity contribution in [3.05, 3.63) is 34.7 Å². The van der Waals surface area contributed by atoms with Gasteiger partial charge in [0.15, 0.2) is 5.13 Å². The number of thiazole rings is 1. The van der Waals surface area contributed by atoms with E-state index < -0.39 is 5.41 Å². The molecule has 0 saturated carbocycles. The molecule has 1 N–H and O–H groups in total. The zero-order chi connectivity index (χ0) is 14.9. The third-order valence-electron chi connectivity index (χ3n) is 3.06. The molecule has 0 unspecified atom stereocenters. The molecule has 0 aliphatic carbocycles. The minimum absolute atomic E-state index is 0.0148. The Hall–Kier alpha value is -1.68. The number of carbonyl (C=O) groups is 1. The van der Waals surface area contributed by atoms with Crippen molar-refractivity contribution in [2.45, 2.75) is 34.6 Å². The summed E-state index contributed by atoms with van der Waals surface area (Å²) in [7, 11) is 0. The zero-order valence-electron chi connectivity index (χ0n) is 12.6. The largest absolute Gasteiger partial charge is 0.302 e. The smallest absolute Gasteiger partial charge is 0.231 e. The van der Waals surface area contributed by atoms with E-state index in [1.165, 1.54) is 22.5 Å². The average Bonchev–Trinajstić information content (AvgIpc) is 2.76. The molecule has 0 spiro atoms. The normalized spacial score (nSPS) is 11.4. The Kier molecular flexibility index (Phi) is 3.95. The van der Waals surface area contributed by atoms with Crippen molar-refractivity contribution >= 4 is 22.4 Å². The number of aryl methyl sites for hydroxylation is 2. The van der Waals surface area contributed by atoms with Crippen LogP contribution in [0.2, 0.25) is 0 Å². The van der Waals surface area contributed by atoms with Crippen LogP contribution in [-0.2, 0) is 4.79 Å². The molecule has 1 amide bonds. The lowest BCUT2D eigenvalue weighted by molar-refractivity contribution is -0.123. The minimum Gasteiger partial charge on any atom is -0.302 e. The van der Waals surface area contributed by atoms with Crippen molar-refractivity contribution in [1.82, 2.24) is 4.98 Å². The first kappa shape index (κ1) is 14.7. The molecule has 20 heavy (non-hydrogen) atoms. The van der Waals surface area contributed by atoms with Crippen LogP contribution >= 0.6 is 11.3 Å². The molecule has 0 aliphatic rings. The van der Waals surface area contributed by atoms with Crippen LogP contribution in [-0.4, -0.2) is 10.9 Å². The second-order valence-corrected chi connectivity index (χ2v) is 6.92. The van der Waals surface area contributed by atoms with Crippen LogP contribution in [0.3, 0.4) is 0 Å². The van der Waals surface area contributed by atoms with Crippen LogP contribution in [0.15, 0.2) is 23.6 Å². The maximum atomic E-state index is 11.9. The van der Waals surface area contributed by atoms with Gasteiger partial charge in [-0.25, -0.2) is 4.98 Å². The maximum Gasteiger partial charge on any atom is 0.231 e. The molecule has 2 aromatic rings. The Balaban J connectivity index is 2.23. The maximum absolute atomic E-state index is 11.9. The molecular formula is C16H20N2OS. The molecule has 0 bridgehead atoms. The minimum atomic E-state index is -0.411. The van der Waals surface area contributed by atoms with E-state index in [2.05, 4.69) is 42.3 Å². The predicted molar refractivity (Wildman–Crippen MR) is 85.1 cm³/mol. The quantitative estimate of drug-likeness (QED) is 0.889. The topological polar surface area (TPSA) is 42.0 Å². The van der Waals surface area contributed by atoms with Crippen molar-refractivity contribution in [1.29, 1.82) is 0 Å². The summed E-state index contributed by atoms with van der Waals surface area (Å²) in [5.41, 5.74) is 4.05. The standard InChI is InChI=1S/C16H20N2OS/c1-10-6-7-12(11(2)8-10)13-9-20-15(17-13)18-14(19)16(3,4)5/h6-9H,1-5H3,(H,17,18,19). The van der Waals surface area contributed by atoms with Crippen LogP contribution in [0.5, 0.6) is 0 Å². The molecule has 3 nitrogen and oxygen atoms in total. The Morgan fingerprint density at radius 3 is 2.55 bits per heavy atom. The van der Waals surface area contributed by atoms with Crippen molar-refractivity contribution in [3.63, 3.8) is 0 Å². The summed E-state index contributed by atoms with van der Waals surface area (Å²) in [6.07, 6.45) is 0. The van der Waals surface area contributed by atoms with Crippen molar-refractivity contribution in [2.75, 3.05) is 5.32 Å². The summed E-state index contributed by atoms with van der Waals surface area (Å²) in [5, 5.41) is 5.51. The summed E-state index contributed by atoms with van der Waals surface area (Å²) in [4.78, 5) is 16.5.